The molecule has 0 aliphatic rings. The number of hydrogen-bond donors (Lipinski definition) is 2. The van der Waals surface area contributed by atoms with E-state index < -0.39 is 18.1 Å². The number of rotatable bonds is 8. The lowest BCUT2D eigenvalue weighted by molar-refractivity contribution is -0.125. The van der Waals surface area contributed by atoms with E-state index in [2.05, 4.69) is 5.32 Å². The SMILES string of the molecule is COc1ccccc1NC(=O)C(O)C(C)N(C=O)c1ccccc1OC. The molecule has 2 atom stereocenters. The van der Waals surface area contributed by atoms with E-state index in [1.165, 1.54) is 19.1 Å². The molecule has 0 aliphatic carbocycles. The van der Waals surface area contributed by atoms with Gasteiger partial charge in [-0.25, -0.2) is 0 Å². The number of hydrogen-bond acceptors (Lipinski definition) is 5. The highest BCUT2D eigenvalue weighted by Crippen LogP contribution is 2.29. The average Bonchev–Trinajstić information content (AvgIpc) is 2.68. The number of nitrogens with zero attached hydrogens (tertiary/aromatic N) is 1. The summed E-state index contributed by atoms with van der Waals surface area (Å²) in [6.07, 6.45) is -0.905. The largest absolute Gasteiger partial charge is 0.495 e. The molecule has 26 heavy (non-hydrogen) atoms. The van der Waals surface area contributed by atoms with Crippen molar-refractivity contribution >= 4 is 23.7 Å². The second-order valence-corrected chi connectivity index (χ2v) is 5.56. The van der Waals surface area contributed by atoms with E-state index in [1.807, 2.05) is 0 Å². The third kappa shape index (κ3) is 4.12. The number of nitrogens with one attached hydrogen (secondary N) is 1. The van der Waals surface area contributed by atoms with Crippen LogP contribution in [-0.2, 0) is 9.59 Å². The van der Waals surface area contributed by atoms with Crippen LogP contribution in [0.15, 0.2) is 48.5 Å². The Bertz CT molecular complexity index is 765. The molecular formula is C19H22N2O5. The molecule has 0 heterocycles. The van der Waals surface area contributed by atoms with Gasteiger partial charge in [0.15, 0.2) is 6.10 Å². The highest BCUT2D eigenvalue weighted by molar-refractivity contribution is 5.96. The Morgan fingerprint density at radius 3 is 2.27 bits per heavy atom. The number of aliphatic hydroxyl groups is 1. The summed E-state index contributed by atoms with van der Waals surface area (Å²) in [5.74, 6) is 0.283. The molecule has 2 unspecified atom stereocenters. The highest BCUT2D eigenvalue weighted by Gasteiger charge is 2.29. The van der Waals surface area contributed by atoms with Crippen LogP contribution in [0.5, 0.6) is 11.5 Å². The molecule has 0 aromatic heterocycles. The number of amides is 2. The standard InChI is InChI=1S/C19H22N2O5/c1-13(21(12-22)15-9-5-7-11-17(15)26-3)18(23)19(24)20-14-8-4-6-10-16(14)25-2/h4-13,18,23H,1-3H3,(H,20,24). The van der Waals surface area contributed by atoms with Crippen LogP contribution in [0.4, 0.5) is 11.4 Å². The van der Waals surface area contributed by atoms with Crippen molar-refractivity contribution < 1.29 is 24.2 Å². The molecule has 2 aromatic carbocycles. The van der Waals surface area contributed by atoms with Crippen molar-refractivity contribution in [3.63, 3.8) is 0 Å². The van der Waals surface area contributed by atoms with Crippen LogP contribution < -0.4 is 19.7 Å². The highest BCUT2D eigenvalue weighted by atomic mass is 16.5. The molecule has 0 saturated heterocycles. The van der Waals surface area contributed by atoms with Gasteiger partial charge in [-0.3, -0.25) is 9.59 Å². The van der Waals surface area contributed by atoms with Gasteiger partial charge in [0, 0.05) is 0 Å². The molecule has 0 saturated carbocycles. The Hall–Kier alpha value is -3.06. The van der Waals surface area contributed by atoms with Crippen molar-refractivity contribution in [3.8, 4) is 11.5 Å². The maximum absolute atomic E-state index is 12.4. The fourth-order valence-electron chi connectivity index (χ4n) is 2.54. The molecule has 0 fully saturated rings. The lowest BCUT2D eigenvalue weighted by Gasteiger charge is -2.29. The minimum absolute atomic E-state index is 0.432. The van der Waals surface area contributed by atoms with Crippen molar-refractivity contribution in [3.05, 3.63) is 48.5 Å². The minimum Gasteiger partial charge on any atom is -0.495 e. The molecule has 0 spiro atoms. The van der Waals surface area contributed by atoms with Crippen LogP contribution in [0, 0.1) is 0 Å². The summed E-state index contributed by atoms with van der Waals surface area (Å²) in [7, 11) is 2.97. The van der Waals surface area contributed by atoms with E-state index in [4.69, 9.17) is 9.47 Å². The lowest BCUT2D eigenvalue weighted by atomic mass is 10.1. The predicted molar refractivity (Wildman–Crippen MR) is 98.6 cm³/mol. The minimum atomic E-state index is -1.46. The van der Waals surface area contributed by atoms with Crippen LogP contribution in [-0.4, -0.2) is 43.8 Å². The molecule has 2 rings (SSSR count). The first-order valence-corrected chi connectivity index (χ1v) is 8.02. The van der Waals surface area contributed by atoms with Gasteiger partial charge in [0.1, 0.15) is 11.5 Å². The van der Waals surface area contributed by atoms with Crippen molar-refractivity contribution in [2.45, 2.75) is 19.1 Å². The van der Waals surface area contributed by atoms with Gasteiger partial charge in [-0.2, -0.15) is 0 Å². The lowest BCUT2D eigenvalue weighted by Crippen LogP contribution is -2.47. The van der Waals surface area contributed by atoms with Crippen LogP contribution in [0.25, 0.3) is 0 Å². The molecule has 0 radical (unpaired) electrons. The summed E-state index contributed by atoms with van der Waals surface area (Å²) in [5.41, 5.74) is 0.892. The first-order valence-electron chi connectivity index (χ1n) is 8.02. The molecule has 7 nitrogen and oxygen atoms in total. The maximum Gasteiger partial charge on any atom is 0.255 e. The number of benzene rings is 2. The predicted octanol–water partition coefficient (Wildman–Crippen LogP) is 2.05. The molecule has 138 valence electrons. The zero-order chi connectivity index (χ0) is 19.1. The van der Waals surface area contributed by atoms with E-state index in [0.29, 0.717) is 29.3 Å². The molecule has 0 aliphatic heterocycles. The van der Waals surface area contributed by atoms with Crippen LogP contribution in [0.2, 0.25) is 0 Å². The van der Waals surface area contributed by atoms with Crippen LogP contribution in [0.1, 0.15) is 6.92 Å². The Kier molecular flexibility index (Phi) is 6.57. The molecule has 2 aromatic rings. The first-order chi connectivity index (χ1) is 12.5. The van der Waals surface area contributed by atoms with Crippen molar-refractivity contribution in [1.29, 1.82) is 0 Å². The number of methoxy groups -OCH3 is 2. The van der Waals surface area contributed by atoms with E-state index in [1.54, 1.807) is 55.5 Å². The van der Waals surface area contributed by atoms with E-state index in [9.17, 15) is 14.7 Å². The van der Waals surface area contributed by atoms with Gasteiger partial charge >= 0.3 is 0 Å². The Morgan fingerprint density at radius 2 is 1.65 bits per heavy atom. The third-order valence-electron chi connectivity index (χ3n) is 4.01. The number of aliphatic hydroxyl groups excluding tert-OH is 1. The normalized spacial score (nSPS) is 12.6. The molecule has 2 amide bonds. The first kappa shape index (κ1) is 19.3. The number of ether oxygens (including phenoxy) is 2. The van der Waals surface area contributed by atoms with Gasteiger partial charge < -0.3 is 24.8 Å². The Labute approximate surface area is 152 Å². The molecule has 2 N–H and O–H groups in total. The van der Waals surface area contributed by atoms with Crippen LogP contribution >= 0.6 is 0 Å². The summed E-state index contributed by atoms with van der Waals surface area (Å²) in [6, 6.07) is 12.9. The summed E-state index contributed by atoms with van der Waals surface area (Å²) >= 11 is 0. The monoisotopic (exact) mass is 358 g/mol. The Balaban J connectivity index is 2.19. The van der Waals surface area contributed by atoms with E-state index in [0.717, 1.165) is 0 Å². The smallest absolute Gasteiger partial charge is 0.255 e. The number of para-hydroxylation sites is 4. The average molecular weight is 358 g/mol. The van der Waals surface area contributed by atoms with E-state index >= 15 is 0 Å². The van der Waals surface area contributed by atoms with Crippen LogP contribution in [0.3, 0.4) is 0 Å². The summed E-state index contributed by atoms with van der Waals surface area (Å²) in [5, 5.41) is 13.1. The number of anilines is 2. The van der Waals surface area contributed by atoms with Crippen molar-refractivity contribution in [2.24, 2.45) is 0 Å². The third-order valence-corrected chi connectivity index (χ3v) is 4.01. The second kappa shape index (κ2) is 8.87. The summed E-state index contributed by atoms with van der Waals surface area (Å²) < 4.78 is 10.4. The van der Waals surface area contributed by atoms with Crippen molar-refractivity contribution in [2.75, 3.05) is 24.4 Å². The zero-order valence-electron chi connectivity index (χ0n) is 14.9. The van der Waals surface area contributed by atoms with Gasteiger partial charge in [-0.05, 0) is 31.2 Å². The number of carbonyl (C=O) groups excluding carboxylic acids is 2. The maximum atomic E-state index is 12.4. The molecule has 0 bridgehead atoms. The van der Waals surface area contributed by atoms with Gasteiger partial charge in [0.05, 0.1) is 31.6 Å². The number of carbonyl (C=O) groups is 2. The van der Waals surface area contributed by atoms with E-state index in [-0.39, 0.29) is 0 Å². The van der Waals surface area contributed by atoms with Gasteiger partial charge in [-0.15, -0.1) is 0 Å². The van der Waals surface area contributed by atoms with Gasteiger partial charge in [-0.1, -0.05) is 24.3 Å². The van der Waals surface area contributed by atoms with Crippen molar-refractivity contribution in [1.82, 2.24) is 0 Å². The molecular weight excluding hydrogens is 336 g/mol. The fourth-order valence-corrected chi connectivity index (χ4v) is 2.54. The summed E-state index contributed by atoms with van der Waals surface area (Å²) in [4.78, 5) is 25.3. The second-order valence-electron chi connectivity index (χ2n) is 5.56. The van der Waals surface area contributed by atoms with Gasteiger partial charge in [0.25, 0.3) is 5.91 Å². The fraction of sp³-hybridized carbons (Fsp3) is 0.263. The van der Waals surface area contributed by atoms with Gasteiger partial charge in [0.2, 0.25) is 6.41 Å². The Morgan fingerprint density at radius 1 is 1.08 bits per heavy atom. The summed E-state index contributed by atoms with van der Waals surface area (Å²) in [6.45, 7) is 1.58. The quantitative estimate of drug-likeness (QED) is 0.705. The molecule has 7 heteroatoms. The zero-order valence-corrected chi connectivity index (χ0v) is 14.9. The topological polar surface area (TPSA) is 88.1 Å².